The van der Waals surface area contributed by atoms with Crippen LogP contribution < -0.4 is 10.6 Å². The van der Waals surface area contributed by atoms with Crippen LogP contribution in [-0.4, -0.2) is 15.9 Å². The lowest BCUT2D eigenvalue weighted by atomic mass is 10.1. The Kier molecular flexibility index (Phi) is 5.36. The van der Waals surface area contributed by atoms with Gasteiger partial charge in [0.05, 0.1) is 18.3 Å². The molecule has 2 N–H and O–H groups in total. The van der Waals surface area contributed by atoms with Crippen molar-refractivity contribution < 1.29 is 4.79 Å². The average molecular weight is 332 g/mol. The fourth-order valence-electron chi connectivity index (χ4n) is 2.45. The molecular weight excluding hydrogens is 312 g/mol. The molecule has 0 fully saturated rings. The van der Waals surface area contributed by atoms with Crippen molar-refractivity contribution in [3.05, 3.63) is 83.8 Å². The molecule has 0 aliphatic carbocycles. The summed E-state index contributed by atoms with van der Waals surface area (Å²) in [7, 11) is 0. The summed E-state index contributed by atoms with van der Waals surface area (Å²) < 4.78 is 0. The van der Waals surface area contributed by atoms with Gasteiger partial charge in [0.25, 0.3) is 0 Å². The van der Waals surface area contributed by atoms with Crippen molar-refractivity contribution in [1.82, 2.24) is 9.97 Å². The molecule has 3 rings (SSSR count). The zero-order chi connectivity index (χ0) is 17.5. The van der Waals surface area contributed by atoms with E-state index in [4.69, 9.17) is 0 Å². The largest absolute Gasteiger partial charge is 0.380 e. The molecule has 5 nitrogen and oxygen atoms in total. The zero-order valence-electron chi connectivity index (χ0n) is 14.1. The van der Waals surface area contributed by atoms with Crippen LogP contribution >= 0.6 is 0 Å². The summed E-state index contributed by atoms with van der Waals surface area (Å²) in [6, 6.07) is 15.5. The Balaban J connectivity index is 1.53. The highest BCUT2D eigenvalue weighted by Gasteiger charge is 2.06. The third-order valence-corrected chi connectivity index (χ3v) is 3.89. The summed E-state index contributed by atoms with van der Waals surface area (Å²) in [5.41, 5.74) is 4.18. The second-order valence-corrected chi connectivity index (χ2v) is 5.79. The molecule has 2 heterocycles. The Hall–Kier alpha value is -3.21. The molecule has 1 amide bonds. The Morgan fingerprint density at radius 1 is 1.04 bits per heavy atom. The van der Waals surface area contributed by atoms with Crippen LogP contribution in [0.5, 0.6) is 0 Å². The van der Waals surface area contributed by atoms with Gasteiger partial charge in [-0.1, -0.05) is 24.3 Å². The molecule has 126 valence electrons. The molecule has 0 unspecified atom stereocenters. The van der Waals surface area contributed by atoms with Gasteiger partial charge in [-0.05, 0) is 47.9 Å². The van der Waals surface area contributed by atoms with E-state index < -0.39 is 0 Å². The molecule has 0 saturated heterocycles. The summed E-state index contributed by atoms with van der Waals surface area (Å²) in [5, 5.41) is 6.12. The van der Waals surface area contributed by atoms with Gasteiger partial charge in [0, 0.05) is 18.9 Å². The van der Waals surface area contributed by atoms with Crippen LogP contribution in [0.3, 0.4) is 0 Å². The maximum atomic E-state index is 12.2. The van der Waals surface area contributed by atoms with E-state index in [2.05, 4.69) is 20.6 Å². The van der Waals surface area contributed by atoms with Crippen molar-refractivity contribution in [2.45, 2.75) is 19.9 Å². The number of nitrogens with one attached hydrogen (secondary N) is 2. The van der Waals surface area contributed by atoms with Crippen molar-refractivity contribution in [3.63, 3.8) is 0 Å². The van der Waals surface area contributed by atoms with Crippen LogP contribution in [0, 0.1) is 6.92 Å². The van der Waals surface area contributed by atoms with E-state index in [1.165, 1.54) is 0 Å². The third-order valence-electron chi connectivity index (χ3n) is 3.89. The predicted octanol–water partition coefficient (Wildman–Crippen LogP) is 3.58. The average Bonchev–Trinajstić information content (AvgIpc) is 2.64. The molecule has 5 heteroatoms. The smallest absolute Gasteiger partial charge is 0.229 e. The van der Waals surface area contributed by atoms with E-state index in [1.54, 1.807) is 24.7 Å². The maximum absolute atomic E-state index is 12.2. The van der Waals surface area contributed by atoms with Gasteiger partial charge < -0.3 is 10.6 Å². The Labute approximate surface area is 147 Å². The maximum Gasteiger partial charge on any atom is 0.229 e. The second kappa shape index (κ2) is 8.06. The summed E-state index contributed by atoms with van der Waals surface area (Å²) in [6.45, 7) is 2.70. The summed E-state index contributed by atoms with van der Waals surface area (Å²) >= 11 is 0. The minimum absolute atomic E-state index is 0.0701. The van der Waals surface area contributed by atoms with E-state index in [0.717, 1.165) is 22.4 Å². The minimum atomic E-state index is -0.0701. The lowest BCUT2D eigenvalue weighted by molar-refractivity contribution is -0.115. The molecule has 0 aliphatic heterocycles. The van der Waals surface area contributed by atoms with Crippen LogP contribution in [0.4, 0.5) is 11.5 Å². The normalized spacial score (nSPS) is 10.3. The third kappa shape index (κ3) is 4.88. The first-order valence-electron chi connectivity index (χ1n) is 8.14. The van der Waals surface area contributed by atoms with Gasteiger partial charge in [-0.3, -0.25) is 9.78 Å². The molecular formula is C20H20N4O. The van der Waals surface area contributed by atoms with Gasteiger partial charge in [-0.15, -0.1) is 0 Å². The van der Waals surface area contributed by atoms with Gasteiger partial charge in [-0.25, -0.2) is 4.98 Å². The molecule has 0 atom stereocenters. The van der Waals surface area contributed by atoms with Gasteiger partial charge in [0.2, 0.25) is 5.91 Å². The van der Waals surface area contributed by atoms with E-state index >= 15 is 0 Å². The van der Waals surface area contributed by atoms with Crippen LogP contribution in [0.2, 0.25) is 0 Å². The monoisotopic (exact) mass is 332 g/mol. The molecule has 25 heavy (non-hydrogen) atoms. The first-order valence-corrected chi connectivity index (χ1v) is 8.14. The van der Waals surface area contributed by atoms with Gasteiger partial charge in [-0.2, -0.15) is 0 Å². The number of amides is 1. The molecule has 0 bridgehead atoms. The van der Waals surface area contributed by atoms with Crippen molar-refractivity contribution in [2.75, 3.05) is 10.6 Å². The highest BCUT2D eigenvalue weighted by atomic mass is 16.1. The topological polar surface area (TPSA) is 66.9 Å². The van der Waals surface area contributed by atoms with E-state index in [1.807, 2.05) is 49.4 Å². The standard InChI is InChI=1S/C20H20N4O/c1-15-4-2-3-5-17(15)12-20(25)24-19-7-6-18(14-23-19)22-13-16-8-10-21-11-9-16/h2-11,14,22H,12-13H2,1H3,(H,23,24,25). The van der Waals surface area contributed by atoms with Crippen LogP contribution in [-0.2, 0) is 17.8 Å². The molecule has 0 spiro atoms. The predicted molar refractivity (Wildman–Crippen MR) is 99.3 cm³/mol. The number of aryl methyl sites for hydroxylation is 1. The number of rotatable bonds is 6. The number of carbonyl (C=O) groups is 1. The van der Waals surface area contributed by atoms with Crippen LogP contribution in [0.1, 0.15) is 16.7 Å². The summed E-state index contributed by atoms with van der Waals surface area (Å²) in [4.78, 5) is 20.4. The van der Waals surface area contributed by atoms with Crippen molar-refractivity contribution >= 4 is 17.4 Å². The first kappa shape index (κ1) is 16.6. The number of aromatic nitrogens is 2. The lowest BCUT2D eigenvalue weighted by Crippen LogP contribution is -2.15. The van der Waals surface area contributed by atoms with E-state index in [-0.39, 0.29) is 5.91 Å². The first-order chi connectivity index (χ1) is 12.2. The molecule has 2 aromatic heterocycles. The number of hydrogen-bond acceptors (Lipinski definition) is 4. The fourth-order valence-corrected chi connectivity index (χ4v) is 2.45. The van der Waals surface area contributed by atoms with Crippen molar-refractivity contribution in [1.29, 1.82) is 0 Å². The zero-order valence-corrected chi connectivity index (χ0v) is 14.1. The van der Waals surface area contributed by atoms with E-state index in [0.29, 0.717) is 18.8 Å². The van der Waals surface area contributed by atoms with E-state index in [9.17, 15) is 4.79 Å². The highest BCUT2D eigenvalue weighted by molar-refractivity contribution is 5.91. The second-order valence-electron chi connectivity index (χ2n) is 5.79. The number of anilines is 2. The molecule has 0 aliphatic rings. The van der Waals surface area contributed by atoms with Crippen molar-refractivity contribution in [3.8, 4) is 0 Å². The summed E-state index contributed by atoms with van der Waals surface area (Å²) in [5.74, 6) is 0.479. The molecule has 0 saturated carbocycles. The highest BCUT2D eigenvalue weighted by Crippen LogP contribution is 2.13. The van der Waals surface area contributed by atoms with Crippen molar-refractivity contribution in [2.24, 2.45) is 0 Å². The Morgan fingerprint density at radius 3 is 2.56 bits per heavy atom. The number of hydrogen-bond donors (Lipinski definition) is 2. The van der Waals surface area contributed by atoms with Crippen LogP contribution in [0.15, 0.2) is 67.1 Å². The number of carbonyl (C=O) groups excluding carboxylic acids is 1. The Bertz CT molecular complexity index is 832. The summed E-state index contributed by atoms with van der Waals surface area (Å²) in [6.07, 6.45) is 5.59. The van der Waals surface area contributed by atoms with Gasteiger partial charge in [0.15, 0.2) is 0 Å². The molecule has 1 aromatic carbocycles. The number of nitrogens with zero attached hydrogens (tertiary/aromatic N) is 2. The molecule has 3 aromatic rings. The fraction of sp³-hybridized carbons (Fsp3) is 0.150. The molecule has 0 radical (unpaired) electrons. The number of pyridine rings is 2. The SMILES string of the molecule is Cc1ccccc1CC(=O)Nc1ccc(NCc2ccncc2)cn1. The van der Waals surface area contributed by atoms with Gasteiger partial charge in [0.1, 0.15) is 5.82 Å². The minimum Gasteiger partial charge on any atom is -0.380 e. The quantitative estimate of drug-likeness (QED) is 0.724. The van der Waals surface area contributed by atoms with Gasteiger partial charge >= 0.3 is 0 Å². The van der Waals surface area contributed by atoms with Crippen LogP contribution in [0.25, 0.3) is 0 Å². The number of benzene rings is 1. The lowest BCUT2D eigenvalue weighted by Gasteiger charge is -2.09. The Morgan fingerprint density at radius 2 is 1.84 bits per heavy atom.